The molecule has 3 heteroatoms. The summed E-state index contributed by atoms with van der Waals surface area (Å²) in [5, 5.41) is 2.37. The first-order valence-corrected chi connectivity index (χ1v) is 9.79. The third-order valence-corrected chi connectivity index (χ3v) is 8.31. The van der Waals surface area contributed by atoms with Gasteiger partial charge in [0.1, 0.15) is 6.29 Å². The van der Waals surface area contributed by atoms with Gasteiger partial charge in [0, 0.05) is 10.6 Å². The summed E-state index contributed by atoms with van der Waals surface area (Å²) in [4.78, 5) is 13.2. The molecule has 0 N–H and O–H groups in total. The van der Waals surface area contributed by atoms with E-state index in [1.54, 1.807) is 0 Å². The maximum atomic E-state index is 11.8. The highest BCUT2D eigenvalue weighted by atomic mass is 32.2. The number of thiophene rings is 1. The first kappa shape index (κ1) is 13.4. The predicted molar refractivity (Wildman–Crippen MR) is 86.1 cm³/mol. The average Bonchev–Trinajstić information content (AvgIpc) is 2.90. The third kappa shape index (κ3) is 2.27. The van der Waals surface area contributed by atoms with E-state index in [0.717, 1.165) is 23.5 Å². The van der Waals surface area contributed by atoms with Crippen LogP contribution in [0.1, 0.15) is 43.4 Å². The molecule has 0 saturated heterocycles. The van der Waals surface area contributed by atoms with E-state index in [1.807, 2.05) is 23.1 Å². The molecule has 4 aliphatic rings. The lowest BCUT2D eigenvalue weighted by atomic mass is 9.49. The number of carbonyl (C=O) groups excluding carboxylic acids is 1. The van der Waals surface area contributed by atoms with Gasteiger partial charge < -0.3 is 4.79 Å². The highest BCUT2D eigenvalue weighted by Crippen LogP contribution is 2.62. The van der Waals surface area contributed by atoms with Crippen molar-refractivity contribution >= 4 is 29.4 Å². The normalized spacial score (nSPS) is 39.9. The Morgan fingerprint density at radius 2 is 1.90 bits per heavy atom. The SMILES string of the molecule is O=CC(SCc1cccs1)C12CC3CC(CC(C3)C1)C2. The van der Waals surface area contributed by atoms with Crippen LogP contribution < -0.4 is 0 Å². The van der Waals surface area contributed by atoms with Crippen molar-refractivity contribution < 1.29 is 4.79 Å². The molecule has 1 heterocycles. The van der Waals surface area contributed by atoms with Gasteiger partial charge in [0.25, 0.3) is 0 Å². The van der Waals surface area contributed by atoms with Crippen molar-refractivity contribution in [2.45, 2.75) is 49.5 Å². The first-order chi connectivity index (χ1) is 9.77. The lowest BCUT2D eigenvalue weighted by molar-refractivity contribution is -0.114. The monoisotopic (exact) mass is 306 g/mol. The Bertz CT molecular complexity index is 444. The van der Waals surface area contributed by atoms with Crippen LogP contribution in [0.2, 0.25) is 0 Å². The molecule has 0 aliphatic heterocycles. The van der Waals surface area contributed by atoms with E-state index in [2.05, 4.69) is 17.5 Å². The maximum absolute atomic E-state index is 11.8. The van der Waals surface area contributed by atoms with Crippen LogP contribution in [-0.4, -0.2) is 11.5 Å². The van der Waals surface area contributed by atoms with Crippen molar-refractivity contribution in [2.75, 3.05) is 0 Å². The van der Waals surface area contributed by atoms with Gasteiger partial charge in [-0.05, 0) is 73.1 Å². The van der Waals surface area contributed by atoms with Gasteiger partial charge in [-0.1, -0.05) is 6.07 Å². The molecule has 1 aromatic heterocycles. The predicted octanol–water partition coefficient (Wildman–Crippen LogP) is 4.77. The van der Waals surface area contributed by atoms with Crippen LogP contribution in [0.3, 0.4) is 0 Å². The second kappa shape index (κ2) is 5.17. The van der Waals surface area contributed by atoms with Crippen LogP contribution in [0.25, 0.3) is 0 Å². The molecular weight excluding hydrogens is 284 g/mol. The first-order valence-electron chi connectivity index (χ1n) is 7.87. The van der Waals surface area contributed by atoms with Crippen LogP contribution in [0, 0.1) is 23.2 Å². The highest BCUT2D eigenvalue weighted by Gasteiger charge is 2.54. The summed E-state index contributed by atoms with van der Waals surface area (Å²) >= 11 is 3.73. The molecule has 1 unspecified atom stereocenters. The van der Waals surface area contributed by atoms with Crippen molar-refractivity contribution in [1.29, 1.82) is 0 Å². The van der Waals surface area contributed by atoms with Crippen molar-refractivity contribution in [1.82, 2.24) is 0 Å². The molecule has 1 aromatic rings. The van der Waals surface area contributed by atoms with E-state index in [1.165, 1.54) is 49.7 Å². The van der Waals surface area contributed by atoms with Crippen molar-refractivity contribution in [3.63, 3.8) is 0 Å². The van der Waals surface area contributed by atoms with Crippen LogP contribution in [0.5, 0.6) is 0 Å². The molecule has 4 aliphatic carbocycles. The van der Waals surface area contributed by atoms with Crippen molar-refractivity contribution in [3.05, 3.63) is 22.4 Å². The minimum absolute atomic E-state index is 0.234. The van der Waals surface area contributed by atoms with E-state index in [4.69, 9.17) is 0 Å². The van der Waals surface area contributed by atoms with Gasteiger partial charge in [0.2, 0.25) is 0 Å². The molecule has 20 heavy (non-hydrogen) atoms. The molecular formula is C17H22OS2. The molecule has 0 radical (unpaired) electrons. The molecule has 5 rings (SSSR count). The van der Waals surface area contributed by atoms with Gasteiger partial charge in [-0.3, -0.25) is 0 Å². The molecule has 4 saturated carbocycles. The number of hydrogen-bond donors (Lipinski definition) is 0. The van der Waals surface area contributed by atoms with E-state index >= 15 is 0 Å². The van der Waals surface area contributed by atoms with Gasteiger partial charge in [0.05, 0.1) is 5.25 Å². The van der Waals surface area contributed by atoms with E-state index < -0.39 is 0 Å². The summed E-state index contributed by atoms with van der Waals surface area (Å²) in [5.74, 6) is 3.83. The van der Waals surface area contributed by atoms with E-state index in [9.17, 15) is 4.79 Å². The Hall–Kier alpha value is -0.280. The summed E-state index contributed by atoms with van der Waals surface area (Å²) < 4.78 is 0. The summed E-state index contributed by atoms with van der Waals surface area (Å²) in [6, 6.07) is 4.31. The minimum Gasteiger partial charge on any atom is -0.302 e. The van der Waals surface area contributed by atoms with Gasteiger partial charge in [0.15, 0.2) is 0 Å². The fraction of sp³-hybridized carbons (Fsp3) is 0.706. The molecule has 4 bridgehead atoms. The smallest absolute Gasteiger partial charge is 0.133 e. The van der Waals surface area contributed by atoms with E-state index in [0.29, 0.717) is 5.41 Å². The number of rotatable bonds is 5. The molecule has 4 fully saturated rings. The average molecular weight is 306 g/mol. The van der Waals surface area contributed by atoms with Crippen molar-refractivity contribution in [3.8, 4) is 0 Å². The van der Waals surface area contributed by atoms with Crippen LogP contribution in [0.15, 0.2) is 17.5 Å². The topological polar surface area (TPSA) is 17.1 Å². The second-order valence-electron chi connectivity index (χ2n) is 7.23. The lowest BCUT2D eigenvalue weighted by Crippen LogP contribution is -2.51. The fourth-order valence-electron chi connectivity index (χ4n) is 5.45. The summed E-state index contributed by atoms with van der Waals surface area (Å²) in [7, 11) is 0. The molecule has 0 amide bonds. The molecule has 1 atom stereocenters. The van der Waals surface area contributed by atoms with Crippen LogP contribution >= 0.6 is 23.1 Å². The molecule has 108 valence electrons. The Balaban J connectivity index is 1.50. The Morgan fingerprint density at radius 1 is 1.25 bits per heavy atom. The standard InChI is InChI=1S/C17H22OS2/c18-10-16(20-11-15-2-1-3-19-15)17-7-12-4-13(8-17)6-14(5-12)9-17/h1-3,10,12-14,16H,4-9,11H2. The van der Waals surface area contributed by atoms with Gasteiger partial charge in [-0.2, -0.15) is 0 Å². The number of aldehydes is 1. The number of thioether (sulfide) groups is 1. The summed E-state index contributed by atoms with van der Waals surface area (Å²) in [6.45, 7) is 0. The molecule has 0 spiro atoms. The zero-order valence-electron chi connectivity index (χ0n) is 11.8. The minimum atomic E-state index is 0.234. The fourth-order valence-corrected chi connectivity index (χ4v) is 7.58. The Kier molecular flexibility index (Phi) is 3.46. The van der Waals surface area contributed by atoms with Crippen molar-refractivity contribution in [2.24, 2.45) is 23.2 Å². The zero-order valence-corrected chi connectivity index (χ0v) is 13.4. The van der Waals surface area contributed by atoms with Gasteiger partial charge in [-0.25, -0.2) is 0 Å². The Morgan fingerprint density at radius 3 is 2.40 bits per heavy atom. The maximum Gasteiger partial charge on any atom is 0.133 e. The summed E-state index contributed by atoms with van der Waals surface area (Å²) in [5.41, 5.74) is 0.360. The van der Waals surface area contributed by atoms with Crippen LogP contribution in [-0.2, 0) is 10.5 Å². The largest absolute Gasteiger partial charge is 0.302 e. The highest BCUT2D eigenvalue weighted by molar-refractivity contribution is 7.99. The van der Waals surface area contributed by atoms with Gasteiger partial charge in [-0.15, -0.1) is 23.1 Å². The van der Waals surface area contributed by atoms with Crippen LogP contribution in [0.4, 0.5) is 0 Å². The number of carbonyl (C=O) groups is 1. The molecule has 1 nitrogen and oxygen atoms in total. The van der Waals surface area contributed by atoms with Gasteiger partial charge >= 0.3 is 0 Å². The lowest BCUT2D eigenvalue weighted by Gasteiger charge is -2.58. The van der Waals surface area contributed by atoms with E-state index in [-0.39, 0.29) is 5.25 Å². The molecule has 0 aromatic carbocycles. The summed E-state index contributed by atoms with van der Waals surface area (Å²) in [6.07, 6.45) is 9.66. The number of hydrogen-bond acceptors (Lipinski definition) is 3. The second-order valence-corrected chi connectivity index (χ2v) is 9.39. The Labute approximate surface area is 129 Å². The third-order valence-electron chi connectivity index (χ3n) is 5.80. The quantitative estimate of drug-likeness (QED) is 0.729. The zero-order chi connectivity index (χ0) is 13.6.